The number of hydrogen-bond acceptors (Lipinski definition) is 4. The van der Waals surface area contributed by atoms with Gasteiger partial charge in [0.1, 0.15) is 0 Å². The van der Waals surface area contributed by atoms with Crippen LogP contribution in [-0.4, -0.2) is 15.0 Å². The van der Waals surface area contributed by atoms with E-state index in [4.69, 9.17) is 9.44 Å². The highest BCUT2D eigenvalue weighted by molar-refractivity contribution is 7.86. The molecule has 0 fully saturated rings. The molecule has 0 radical (unpaired) electrons. The van der Waals surface area contributed by atoms with Crippen molar-refractivity contribution in [2.24, 2.45) is 0 Å². The van der Waals surface area contributed by atoms with Crippen LogP contribution in [0.3, 0.4) is 0 Å². The topological polar surface area (TPSA) is 67.2 Å². The molecule has 0 spiro atoms. The highest BCUT2D eigenvalue weighted by Gasteiger charge is 2.16. The van der Waals surface area contributed by atoms with E-state index in [9.17, 15) is 8.42 Å². The van der Waals surface area contributed by atoms with Crippen molar-refractivity contribution in [1.29, 1.82) is 5.26 Å². The molecule has 0 amide bonds. The van der Waals surface area contributed by atoms with Gasteiger partial charge in [-0.15, -0.1) is 5.73 Å². The summed E-state index contributed by atoms with van der Waals surface area (Å²) < 4.78 is 29.4. The van der Waals surface area contributed by atoms with E-state index in [1.807, 2.05) is 13.0 Å². The average Bonchev–Trinajstić information content (AvgIpc) is 2.56. The molecular weight excluding hydrogens is 310 g/mol. The van der Waals surface area contributed by atoms with Gasteiger partial charge in [-0.25, -0.2) is 0 Å². The van der Waals surface area contributed by atoms with Crippen LogP contribution in [0.5, 0.6) is 0 Å². The smallest absolute Gasteiger partial charge is 0.261 e. The highest BCUT2D eigenvalue weighted by Crippen LogP contribution is 2.18. The number of rotatable bonds is 5. The minimum absolute atomic E-state index is 0.103. The van der Waals surface area contributed by atoms with Crippen LogP contribution in [0.15, 0.2) is 65.7 Å². The summed E-state index contributed by atoms with van der Waals surface area (Å²) in [7, 11) is -3.84. The first kappa shape index (κ1) is 16.7. The van der Waals surface area contributed by atoms with Crippen LogP contribution in [0.2, 0.25) is 0 Å². The maximum atomic E-state index is 12.2. The lowest BCUT2D eigenvalue weighted by atomic mass is 10.1. The van der Waals surface area contributed by atoms with Crippen LogP contribution in [0.4, 0.5) is 0 Å². The van der Waals surface area contributed by atoms with Crippen LogP contribution in [-0.2, 0) is 14.3 Å². The fourth-order valence-electron chi connectivity index (χ4n) is 1.89. The Hall–Kier alpha value is -2.64. The quantitative estimate of drug-likeness (QED) is 0.624. The molecular formula is C18H15NO3S. The van der Waals surface area contributed by atoms with E-state index in [0.29, 0.717) is 16.7 Å². The monoisotopic (exact) mass is 325 g/mol. The molecule has 0 saturated carbocycles. The second kappa shape index (κ2) is 7.08. The zero-order valence-corrected chi connectivity index (χ0v) is 13.4. The molecule has 0 heterocycles. The van der Waals surface area contributed by atoms with Gasteiger partial charge in [0, 0.05) is 5.57 Å². The number of hydrogen-bond donors (Lipinski definition) is 0. The maximum absolute atomic E-state index is 12.2. The van der Waals surface area contributed by atoms with Gasteiger partial charge in [0.05, 0.1) is 23.1 Å². The first-order valence-electron chi connectivity index (χ1n) is 6.82. The molecule has 0 N–H and O–H groups in total. The normalized spacial score (nSPS) is 10.6. The third-order valence-electron chi connectivity index (χ3n) is 3.24. The zero-order chi connectivity index (χ0) is 16.9. The summed E-state index contributed by atoms with van der Waals surface area (Å²) in [6.45, 7) is 5.26. The lowest BCUT2D eigenvalue weighted by Crippen LogP contribution is -2.08. The number of aryl methyl sites for hydroxylation is 1. The Bertz CT molecular complexity index is 883. The molecule has 0 atom stereocenters. The van der Waals surface area contributed by atoms with Crippen molar-refractivity contribution in [3.8, 4) is 6.07 Å². The fourth-order valence-corrected chi connectivity index (χ4v) is 2.77. The molecule has 23 heavy (non-hydrogen) atoms. The molecule has 0 bridgehead atoms. The summed E-state index contributed by atoms with van der Waals surface area (Å²) in [5, 5.41) is 8.79. The molecule has 2 aromatic carbocycles. The zero-order valence-electron chi connectivity index (χ0n) is 12.6. The van der Waals surface area contributed by atoms with Crippen molar-refractivity contribution < 1.29 is 12.6 Å². The van der Waals surface area contributed by atoms with Crippen molar-refractivity contribution in [3.05, 3.63) is 77.5 Å². The van der Waals surface area contributed by atoms with Gasteiger partial charge in [-0.3, -0.25) is 4.18 Å². The Balaban J connectivity index is 2.15. The van der Waals surface area contributed by atoms with Crippen molar-refractivity contribution in [3.63, 3.8) is 0 Å². The first-order chi connectivity index (χ1) is 11.0. The Labute approximate surface area is 136 Å². The van der Waals surface area contributed by atoms with Crippen LogP contribution >= 0.6 is 0 Å². The largest absolute Gasteiger partial charge is 0.297 e. The maximum Gasteiger partial charge on any atom is 0.297 e. The first-order valence-corrected chi connectivity index (χ1v) is 8.22. The van der Waals surface area contributed by atoms with Crippen molar-refractivity contribution in [1.82, 2.24) is 0 Å². The third kappa shape index (κ3) is 4.18. The van der Waals surface area contributed by atoms with Crippen molar-refractivity contribution in [2.75, 3.05) is 6.61 Å². The van der Waals surface area contributed by atoms with E-state index in [0.717, 1.165) is 5.56 Å². The number of nitriles is 1. The van der Waals surface area contributed by atoms with E-state index in [1.54, 1.807) is 36.4 Å². The predicted octanol–water partition coefficient (Wildman–Crippen LogP) is 3.44. The van der Waals surface area contributed by atoms with Crippen LogP contribution in [0.25, 0.3) is 5.57 Å². The lowest BCUT2D eigenvalue weighted by molar-refractivity contribution is 0.363. The van der Waals surface area contributed by atoms with Gasteiger partial charge >= 0.3 is 0 Å². The highest BCUT2D eigenvalue weighted by atomic mass is 32.2. The molecule has 0 aromatic heterocycles. The summed E-state index contributed by atoms with van der Waals surface area (Å²) in [5.74, 6) is 0. The predicted molar refractivity (Wildman–Crippen MR) is 88.0 cm³/mol. The second-order valence-corrected chi connectivity index (χ2v) is 6.49. The molecule has 116 valence electrons. The van der Waals surface area contributed by atoms with E-state index >= 15 is 0 Å². The van der Waals surface area contributed by atoms with Crippen LogP contribution < -0.4 is 0 Å². The van der Waals surface area contributed by atoms with E-state index < -0.39 is 10.1 Å². The minimum Gasteiger partial charge on any atom is -0.261 e. The minimum atomic E-state index is -3.84. The molecule has 2 aromatic rings. The molecule has 5 heteroatoms. The number of nitrogens with zero attached hydrogens (tertiary/aromatic N) is 1. The van der Waals surface area contributed by atoms with Gasteiger partial charge < -0.3 is 0 Å². The van der Waals surface area contributed by atoms with E-state index in [2.05, 4.69) is 12.3 Å². The standard InChI is InChI=1S/C18H15NO3S/c1-3-16(17-8-6-15(12-19)7-9-17)13-22-23(20,21)18-10-4-14(2)5-11-18/h4-11H,1,13H2,2H3. The summed E-state index contributed by atoms with van der Waals surface area (Å²) >= 11 is 0. The van der Waals surface area contributed by atoms with Gasteiger partial charge in [0.25, 0.3) is 10.1 Å². The molecule has 4 nitrogen and oxygen atoms in total. The van der Waals surface area contributed by atoms with Gasteiger partial charge in [-0.1, -0.05) is 36.4 Å². The summed E-state index contributed by atoms with van der Waals surface area (Å²) in [5.41, 5.74) is 5.38. The average molecular weight is 325 g/mol. The molecule has 0 aliphatic rings. The second-order valence-electron chi connectivity index (χ2n) is 4.87. The Morgan fingerprint density at radius 2 is 1.74 bits per heavy atom. The Morgan fingerprint density at radius 3 is 2.26 bits per heavy atom. The van der Waals surface area contributed by atoms with E-state index in [1.165, 1.54) is 12.1 Å². The Kier molecular flexibility index (Phi) is 5.15. The van der Waals surface area contributed by atoms with Crippen molar-refractivity contribution >= 4 is 15.7 Å². The third-order valence-corrected chi connectivity index (χ3v) is 4.52. The SMILES string of the molecule is C=C=C(COS(=O)(=O)c1ccc(C)cc1)c1ccc(C#N)cc1. The lowest BCUT2D eigenvalue weighted by Gasteiger charge is -2.08. The van der Waals surface area contributed by atoms with Gasteiger partial charge in [-0.2, -0.15) is 13.7 Å². The summed E-state index contributed by atoms with van der Waals surface area (Å²) in [6, 6.07) is 15.1. The van der Waals surface area contributed by atoms with Gasteiger partial charge in [0.15, 0.2) is 0 Å². The van der Waals surface area contributed by atoms with Gasteiger partial charge in [-0.05, 0) is 36.8 Å². The summed E-state index contributed by atoms with van der Waals surface area (Å²) in [4.78, 5) is 0.103. The fraction of sp³-hybridized carbons (Fsp3) is 0.111. The number of benzene rings is 2. The van der Waals surface area contributed by atoms with Crippen LogP contribution in [0.1, 0.15) is 16.7 Å². The molecule has 0 aliphatic heterocycles. The summed E-state index contributed by atoms with van der Waals surface area (Å²) in [6.07, 6.45) is 0. The van der Waals surface area contributed by atoms with E-state index in [-0.39, 0.29) is 11.5 Å². The van der Waals surface area contributed by atoms with Crippen molar-refractivity contribution in [2.45, 2.75) is 11.8 Å². The Morgan fingerprint density at radius 1 is 1.13 bits per heavy atom. The van der Waals surface area contributed by atoms with Crippen LogP contribution in [0, 0.1) is 18.3 Å². The van der Waals surface area contributed by atoms with Gasteiger partial charge in [0.2, 0.25) is 0 Å². The molecule has 0 aliphatic carbocycles. The molecule has 0 unspecified atom stereocenters. The molecule has 2 rings (SSSR count). The molecule has 0 saturated heterocycles.